The van der Waals surface area contributed by atoms with Crippen molar-refractivity contribution in [1.82, 2.24) is 20.2 Å². The van der Waals surface area contributed by atoms with Crippen molar-refractivity contribution in [3.63, 3.8) is 0 Å². The fourth-order valence-electron chi connectivity index (χ4n) is 1.60. The van der Waals surface area contributed by atoms with E-state index in [0.29, 0.717) is 5.25 Å². The Morgan fingerprint density at radius 1 is 1.33 bits per heavy atom. The van der Waals surface area contributed by atoms with Gasteiger partial charge in [0.1, 0.15) is 0 Å². The van der Waals surface area contributed by atoms with Crippen molar-refractivity contribution in [2.45, 2.75) is 24.3 Å². The summed E-state index contributed by atoms with van der Waals surface area (Å²) in [5.41, 5.74) is 6.53. The normalized spacial score (nSPS) is 12.6. The molecule has 2 N–H and O–H groups in total. The molecular weight excluding hydrogens is 246 g/mol. The van der Waals surface area contributed by atoms with Crippen LogP contribution in [-0.4, -0.2) is 32.0 Å². The second-order valence-electron chi connectivity index (χ2n) is 4.04. The van der Waals surface area contributed by atoms with Gasteiger partial charge in [0.25, 0.3) is 0 Å². The van der Waals surface area contributed by atoms with Crippen molar-refractivity contribution < 1.29 is 0 Å². The average Bonchev–Trinajstić information content (AvgIpc) is 2.86. The van der Waals surface area contributed by atoms with Crippen molar-refractivity contribution >= 4 is 11.8 Å². The van der Waals surface area contributed by atoms with Crippen LogP contribution in [0.3, 0.4) is 0 Å². The van der Waals surface area contributed by atoms with Crippen LogP contribution >= 0.6 is 11.8 Å². The van der Waals surface area contributed by atoms with E-state index < -0.39 is 0 Å². The second-order valence-corrected chi connectivity index (χ2v) is 5.47. The molecule has 1 unspecified atom stereocenters. The summed E-state index contributed by atoms with van der Waals surface area (Å²) in [6, 6.07) is 9.92. The number of thioether (sulfide) groups is 1. The van der Waals surface area contributed by atoms with Gasteiger partial charge >= 0.3 is 0 Å². The molecule has 0 aliphatic heterocycles. The molecule has 1 heterocycles. The summed E-state index contributed by atoms with van der Waals surface area (Å²) >= 11 is 1.82. The second kappa shape index (κ2) is 6.51. The van der Waals surface area contributed by atoms with E-state index in [4.69, 9.17) is 5.73 Å². The Labute approximate surface area is 111 Å². The zero-order valence-electron chi connectivity index (χ0n) is 10.4. The first-order valence-electron chi connectivity index (χ1n) is 5.95. The van der Waals surface area contributed by atoms with Crippen molar-refractivity contribution in [2.75, 3.05) is 6.54 Å². The Hall–Kier alpha value is -1.40. The first-order valence-corrected chi connectivity index (χ1v) is 7.00. The van der Waals surface area contributed by atoms with Gasteiger partial charge in [-0.2, -0.15) is 16.4 Å². The number of nitrogens with two attached hydrogens (primary N) is 1. The standard InChI is InChI=1S/C12H17N5S/c1-10(7-8-13)18-9-12-14-15-16-17(12)11-5-3-2-4-6-11/h2-6,10H,7-9,13H2,1H3. The van der Waals surface area contributed by atoms with E-state index >= 15 is 0 Å². The maximum atomic E-state index is 5.54. The van der Waals surface area contributed by atoms with Gasteiger partial charge in [0.2, 0.25) is 0 Å². The number of tetrazole rings is 1. The third-order valence-corrected chi connectivity index (χ3v) is 3.83. The van der Waals surface area contributed by atoms with Crippen LogP contribution in [0, 0.1) is 0 Å². The molecule has 18 heavy (non-hydrogen) atoms. The molecule has 0 saturated carbocycles. The molecular formula is C12H17N5S. The molecule has 2 rings (SSSR count). The number of benzene rings is 1. The van der Waals surface area contributed by atoms with Crippen LogP contribution in [0.5, 0.6) is 0 Å². The minimum absolute atomic E-state index is 0.524. The molecule has 0 bridgehead atoms. The average molecular weight is 263 g/mol. The Kier molecular flexibility index (Phi) is 4.72. The number of para-hydroxylation sites is 1. The molecule has 0 amide bonds. The van der Waals surface area contributed by atoms with Crippen LogP contribution in [0.1, 0.15) is 19.2 Å². The molecule has 96 valence electrons. The van der Waals surface area contributed by atoms with E-state index in [1.807, 2.05) is 42.1 Å². The molecule has 0 aliphatic rings. The van der Waals surface area contributed by atoms with Gasteiger partial charge in [-0.25, -0.2) is 0 Å². The van der Waals surface area contributed by atoms with E-state index in [9.17, 15) is 0 Å². The lowest BCUT2D eigenvalue weighted by Crippen LogP contribution is -2.08. The fraction of sp³-hybridized carbons (Fsp3) is 0.417. The highest BCUT2D eigenvalue weighted by atomic mass is 32.2. The molecule has 0 radical (unpaired) electrons. The lowest BCUT2D eigenvalue weighted by atomic mass is 10.3. The first kappa shape index (κ1) is 13.0. The van der Waals surface area contributed by atoms with E-state index in [1.165, 1.54) is 0 Å². The maximum Gasteiger partial charge on any atom is 0.166 e. The van der Waals surface area contributed by atoms with Crippen LogP contribution in [0.4, 0.5) is 0 Å². The van der Waals surface area contributed by atoms with Crippen LogP contribution in [0.25, 0.3) is 5.69 Å². The number of hydrogen-bond donors (Lipinski definition) is 1. The first-order chi connectivity index (χ1) is 8.81. The molecule has 0 aliphatic carbocycles. The van der Waals surface area contributed by atoms with Gasteiger partial charge in [0.15, 0.2) is 5.82 Å². The summed E-state index contributed by atoms with van der Waals surface area (Å²) in [7, 11) is 0. The third-order valence-electron chi connectivity index (χ3n) is 2.60. The molecule has 0 spiro atoms. The molecule has 0 saturated heterocycles. The molecule has 1 aromatic heterocycles. The number of hydrogen-bond acceptors (Lipinski definition) is 5. The van der Waals surface area contributed by atoms with Crippen LogP contribution in [0.15, 0.2) is 30.3 Å². The molecule has 1 atom stereocenters. The highest BCUT2D eigenvalue weighted by Gasteiger charge is 2.10. The zero-order chi connectivity index (χ0) is 12.8. The highest BCUT2D eigenvalue weighted by molar-refractivity contribution is 7.99. The Balaban J connectivity index is 2.05. The van der Waals surface area contributed by atoms with Gasteiger partial charge in [0, 0.05) is 5.25 Å². The van der Waals surface area contributed by atoms with Gasteiger partial charge in [-0.05, 0) is 35.5 Å². The lowest BCUT2D eigenvalue weighted by Gasteiger charge is -2.09. The Morgan fingerprint density at radius 2 is 2.11 bits per heavy atom. The minimum atomic E-state index is 0.524. The maximum absolute atomic E-state index is 5.54. The van der Waals surface area contributed by atoms with E-state index in [1.54, 1.807) is 4.68 Å². The SMILES string of the molecule is CC(CCN)SCc1nnnn1-c1ccccc1. The Morgan fingerprint density at radius 3 is 2.83 bits per heavy atom. The van der Waals surface area contributed by atoms with Crippen LogP contribution < -0.4 is 5.73 Å². The molecule has 2 aromatic rings. The zero-order valence-corrected chi connectivity index (χ0v) is 11.2. The topological polar surface area (TPSA) is 69.6 Å². The predicted molar refractivity (Wildman–Crippen MR) is 73.6 cm³/mol. The Bertz CT molecular complexity index is 470. The molecule has 6 heteroatoms. The van der Waals surface area contributed by atoms with E-state index in [0.717, 1.165) is 30.2 Å². The molecule has 5 nitrogen and oxygen atoms in total. The van der Waals surface area contributed by atoms with Gasteiger partial charge in [-0.1, -0.05) is 25.1 Å². The van der Waals surface area contributed by atoms with Gasteiger partial charge < -0.3 is 5.73 Å². The lowest BCUT2D eigenvalue weighted by molar-refractivity contribution is 0.776. The summed E-state index contributed by atoms with van der Waals surface area (Å²) < 4.78 is 1.78. The monoisotopic (exact) mass is 263 g/mol. The fourth-order valence-corrected chi connectivity index (χ4v) is 2.52. The van der Waals surface area contributed by atoms with Crippen molar-refractivity contribution in [3.05, 3.63) is 36.2 Å². The number of aromatic nitrogens is 4. The smallest absolute Gasteiger partial charge is 0.166 e. The summed E-state index contributed by atoms with van der Waals surface area (Å²) in [5, 5.41) is 12.4. The van der Waals surface area contributed by atoms with Crippen molar-refractivity contribution in [1.29, 1.82) is 0 Å². The summed E-state index contributed by atoms with van der Waals surface area (Å²) in [5.74, 6) is 1.67. The number of rotatable bonds is 6. The van der Waals surface area contributed by atoms with Gasteiger partial charge in [-0.3, -0.25) is 0 Å². The number of nitrogens with zero attached hydrogens (tertiary/aromatic N) is 4. The van der Waals surface area contributed by atoms with E-state index in [2.05, 4.69) is 22.4 Å². The summed E-state index contributed by atoms with van der Waals surface area (Å²) in [4.78, 5) is 0. The third kappa shape index (κ3) is 3.30. The van der Waals surface area contributed by atoms with Crippen molar-refractivity contribution in [2.24, 2.45) is 5.73 Å². The predicted octanol–water partition coefficient (Wildman–Crippen LogP) is 1.63. The highest BCUT2D eigenvalue weighted by Crippen LogP contribution is 2.19. The van der Waals surface area contributed by atoms with Gasteiger partial charge in [-0.15, -0.1) is 5.10 Å². The quantitative estimate of drug-likeness (QED) is 0.858. The molecule has 0 fully saturated rings. The largest absolute Gasteiger partial charge is 0.330 e. The summed E-state index contributed by atoms with van der Waals surface area (Å²) in [6.07, 6.45) is 1.01. The van der Waals surface area contributed by atoms with Crippen LogP contribution in [0.2, 0.25) is 0 Å². The summed E-state index contributed by atoms with van der Waals surface area (Å²) in [6.45, 7) is 2.89. The van der Waals surface area contributed by atoms with Crippen molar-refractivity contribution in [3.8, 4) is 5.69 Å². The van der Waals surface area contributed by atoms with Crippen LogP contribution in [-0.2, 0) is 5.75 Å². The van der Waals surface area contributed by atoms with E-state index in [-0.39, 0.29) is 0 Å². The minimum Gasteiger partial charge on any atom is -0.330 e. The van der Waals surface area contributed by atoms with Gasteiger partial charge in [0.05, 0.1) is 11.4 Å². The molecule has 1 aromatic carbocycles.